The van der Waals surface area contributed by atoms with Crippen molar-refractivity contribution in [3.8, 4) is 5.75 Å². The first-order valence-electron chi connectivity index (χ1n) is 6.54. The summed E-state index contributed by atoms with van der Waals surface area (Å²) in [4.78, 5) is 13.5. The number of carbonyl (C=O) groups is 1. The molecule has 1 N–H and O–H groups in total. The van der Waals surface area contributed by atoms with Crippen molar-refractivity contribution in [3.05, 3.63) is 29.6 Å². The monoisotopic (exact) mass is 283 g/mol. The van der Waals surface area contributed by atoms with Crippen LogP contribution in [0.2, 0.25) is 0 Å². The summed E-state index contributed by atoms with van der Waals surface area (Å²) < 4.78 is 24.1. The summed E-state index contributed by atoms with van der Waals surface area (Å²) in [6, 6.07) is 4.17. The second kappa shape index (κ2) is 6.67. The minimum atomic E-state index is -0.876. The molecule has 0 spiro atoms. The number of hydrogen-bond acceptors (Lipinski definition) is 4. The maximum absolute atomic E-state index is 13.6. The van der Waals surface area contributed by atoms with Gasteiger partial charge in [0, 0.05) is 24.7 Å². The van der Waals surface area contributed by atoms with Gasteiger partial charge in [0.2, 0.25) is 0 Å². The number of hydrogen-bond donors (Lipinski definition) is 1. The number of rotatable bonds is 4. The molecular formula is C14H18FNO4. The van der Waals surface area contributed by atoms with Crippen molar-refractivity contribution in [1.29, 1.82) is 0 Å². The van der Waals surface area contributed by atoms with Crippen LogP contribution in [0.15, 0.2) is 18.2 Å². The summed E-state index contributed by atoms with van der Waals surface area (Å²) in [6.07, 6.45) is -0.876. The van der Waals surface area contributed by atoms with Crippen molar-refractivity contribution in [2.75, 3.05) is 32.9 Å². The molecular weight excluding hydrogens is 265 g/mol. The van der Waals surface area contributed by atoms with Crippen LogP contribution in [0.5, 0.6) is 5.75 Å². The average molecular weight is 283 g/mol. The molecule has 0 radical (unpaired) electrons. The van der Waals surface area contributed by atoms with Gasteiger partial charge in [-0.05, 0) is 19.1 Å². The molecule has 1 saturated heterocycles. The predicted molar refractivity (Wildman–Crippen MR) is 69.9 cm³/mol. The first-order valence-corrected chi connectivity index (χ1v) is 6.54. The van der Waals surface area contributed by atoms with E-state index in [-0.39, 0.29) is 23.8 Å². The number of amides is 1. The van der Waals surface area contributed by atoms with Gasteiger partial charge in [-0.1, -0.05) is 0 Å². The zero-order valence-electron chi connectivity index (χ0n) is 11.3. The van der Waals surface area contributed by atoms with E-state index in [1.165, 1.54) is 25.1 Å². The maximum atomic E-state index is 13.6. The number of morpholine rings is 1. The molecule has 20 heavy (non-hydrogen) atoms. The maximum Gasteiger partial charge on any atom is 0.260 e. The molecule has 1 aliphatic heterocycles. The van der Waals surface area contributed by atoms with Crippen LogP contribution in [0.4, 0.5) is 4.39 Å². The molecule has 0 bridgehead atoms. The van der Waals surface area contributed by atoms with Crippen molar-refractivity contribution in [1.82, 2.24) is 4.90 Å². The molecule has 1 aliphatic rings. The van der Waals surface area contributed by atoms with Crippen molar-refractivity contribution < 1.29 is 23.8 Å². The Balaban J connectivity index is 1.90. The largest absolute Gasteiger partial charge is 0.484 e. The van der Waals surface area contributed by atoms with E-state index in [0.717, 1.165) is 0 Å². The van der Waals surface area contributed by atoms with Crippen LogP contribution in [0.1, 0.15) is 18.6 Å². The number of ether oxygens (including phenoxy) is 2. The number of nitrogens with zero attached hydrogens (tertiary/aromatic N) is 1. The topological polar surface area (TPSA) is 59.0 Å². The highest BCUT2D eigenvalue weighted by molar-refractivity contribution is 5.77. The van der Waals surface area contributed by atoms with Gasteiger partial charge >= 0.3 is 0 Å². The Morgan fingerprint density at radius 2 is 2.20 bits per heavy atom. The van der Waals surface area contributed by atoms with Crippen molar-refractivity contribution in [2.45, 2.75) is 13.0 Å². The van der Waals surface area contributed by atoms with Crippen molar-refractivity contribution in [2.24, 2.45) is 0 Å². The van der Waals surface area contributed by atoms with E-state index in [9.17, 15) is 14.3 Å². The van der Waals surface area contributed by atoms with Gasteiger partial charge in [-0.25, -0.2) is 4.39 Å². The minimum Gasteiger partial charge on any atom is -0.484 e. The average Bonchev–Trinajstić information content (AvgIpc) is 2.45. The van der Waals surface area contributed by atoms with Gasteiger partial charge in [0.1, 0.15) is 11.6 Å². The quantitative estimate of drug-likeness (QED) is 0.899. The molecule has 110 valence electrons. The molecule has 6 heteroatoms. The molecule has 0 unspecified atom stereocenters. The summed E-state index contributed by atoms with van der Waals surface area (Å²) in [5.74, 6) is -0.418. The highest BCUT2D eigenvalue weighted by atomic mass is 19.1. The number of carbonyl (C=O) groups excluding carboxylic acids is 1. The van der Waals surface area contributed by atoms with Gasteiger partial charge in [-0.3, -0.25) is 4.79 Å². The third-order valence-corrected chi connectivity index (χ3v) is 3.15. The Kier molecular flexibility index (Phi) is 4.92. The van der Waals surface area contributed by atoms with E-state index in [1.807, 2.05) is 0 Å². The van der Waals surface area contributed by atoms with Crippen LogP contribution >= 0.6 is 0 Å². The fourth-order valence-electron chi connectivity index (χ4n) is 1.99. The lowest BCUT2D eigenvalue weighted by atomic mass is 10.1. The second-order valence-electron chi connectivity index (χ2n) is 4.64. The Hall–Kier alpha value is -1.66. The van der Waals surface area contributed by atoms with Crippen LogP contribution in [0.3, 0.4) is 0 Å². The first-order chi connectivity index (χ1) is 9.58. The molecule has 5 nitrogen and oxygen atoms in total. The Bertz CT molecular complexity index is 472. The van der Waals surface area contributed by atoms with E-state index < -0.39 is 11.9 Å². The molecule has 2 rings (SSSR count). The smallest absolute Gasteiger partial charge is 0.260 e. The van der Waals surface area contributed by atoms with Gasteiger partial charge in [0.15, 0.2) is 6.61 Å². The van der Waals surface area contributed by atoms with Gasteiger partial charge in [0.25, 0.3) is 5.91 Å². The Labute approximate surface area is 116 Å². The second-order valence-corrected chi connectivity index (χ2v) is 4.64. The summed E-state index contributed by atoms with van der Waals surface area (Å²) in [6.45, 7) is 3.52. The molecule has 1 atom stereocenters. The van der Waals surface area contributed by atoms with E-state index in [0.29, 0.717) is 26.3 Å². The standard InChI is InChI=1S/C14H18FNO4/c1-10(17)12-3-2-11(8-13(12)15)20-9-14(18)16-4-6-19-7-5-16/h2-3,8,10,17H,4-7,9H2,1H3/t10-/m0/s1. The van der Waals surface area contributed by atoms with E-state index in [1.54, 1.807) is 4.90 Å². The molecule has 0 aromatic heterocycles. The number of benzene rings is 1. The van der Waals surface area contributed by atoms with Gasteiger partial charge in [-0.2, -0.15) is 0 Å². The molecule has 0 saturated carbocycles. The normalized spacial score (nSPS) is 16.9. The van der Waals surface area contributed by atoms with E-state index in [4.69, 9.17) is 9.47 Å². The summed E-state index contributed by atoms with van der Waals surface area (Å²) in [5.41, 5.74) is 0.205. The number of halogens is 1. The highest BCUT2D eigenvalue weighted by Gasteiger charge is 2.17. The zero-order valence-corrected chi connectivity index (χ0v) is 11.3. The highest BCUT2D eigenvalue weighted by Crippen LogP contribution is 2.21. The van der Waals surface area contributed by atoms with E-state index in [2.05, 4.69) is 0 Å². The van der Waals surface area contributed by atoms with Crippen LogP contribution in [-0.2, 0) is 9.53 Å². The molecule has 1 aromatic carbocycles. The van der Waals surface area contributed by atoms with E-state index >= 15 is 0 Å². The molecule has 0 aliphatic carbocycles. The van der Waals surface area contributed by atoms with Gasteiger partial charge in [0.05, 0.1) is 19.3 Å². The fourth-order valence-corrected chi connectivity index (χ4v) is 1.99. The SMILES string of the molecule is C[C@H](O)c1ccc(OCC(=O)N2CCOCC2)cc1F. The Morgan fingerprint density at radius 3 is 2.80 bits per heavy atom. The lowest BCUT2D eigenvalue weighted by Crippen LogP contribution is -2.42. The van der Waals surface area contributed by atoms with Crippen LogP contribution in [-0.4, -0.2) is 48.8 Å². The number of aliphatic hydroxyl groups excluding tert-OH is 1. The van der Waals surface area contributed by atoms with Crippen LogP contribution < -0.4 is 4.74 Å². The first kappa shape index (κ1) is 14.7. The lowest BCUT2D eigenvalue weighted by Gasteiger charge is -2.26. The van der Waals surface area contributed by atoms with Gasteiger partial charge < -0.3 is 19.5 Å². The van der Waals surface area contributed by atoms with Crippen molar-refractivity contribution in [3.63, 3.8) is 0 Å². The molecule has 1 fully saturated rings. The van der Waals surface area contributed by atoms with Crippen LogP contribution in [0.25, 0.3) is 0 Å². The van der Waals surface area contributed by atoms with Gasteiger partial charge in [-0.15, -0.1) is 0 Å². The fraction of sp³-hybridized carbons (Fsp3) is 0.500. The van der Waals surface area contributed by atoms with Crippen molar-refractivity contribution >= 4 is 5.91 Å². The zero-order chi connectivity index (χ0) is 14.5. The number of aliphatic hydroxyl groups is 1. The molecule has 1 amide bonds. The minimum absolute atomic E-state index is 0.131. The third kappa shape index (κ3) is 3.68. The molecule has 1 aromatic rings. The summed E-state index contributed by atoms with van der Waals surface area (Å²) >= 11 is 0. The third-order valence-electron chi connectivity index (χ3n) is 3.15. The van der Waals surface area contributed by atoms with Crippen LogP contribution in [0, 0.1) is 5.82 Å². The Morgan fingerprint density at radius 1 is 1.50 bits per heavy atom. The summed E-state index contributed by atoms with van der Waals surface area (Å²) in [7, 11) is 0. The lowest BCUT2D eigenvalue weighted by molar-refractivity contribution is -0.137. The molecule has 1 heterocycles. The summed E-state index contributed by atoms with van der Waals surface area (Å²) in [5, 5.41) is 9.33. The predicted octanol–water partition coefficient (Wildman–Crippen LogP) is 1.12.